The van der Waals surface area contributed by atoms with Gasteiger partial charge in [-0.15, -0.1) is 31.7 Å². The molecular weight excluding hydrogens is 432 g/mol. The molecule has 0 amide bonds. The minimum absolute atomic E-state index is 0.393. The molecule has 156 valence electrons. The monoisotopic (exact) mass is 450 g/mol. The number of thioether (sulfide) groups is 1. The van der Waals surface area contributed by atoms with Crippen LogP contribution in [0.5, 0.6) is 0 Å². The second-order valence-corrected chi connectivity index (χ2v) is 8.54. The number of hydrogen-bond donors (Lipinski definition) is 0. The quantitative estimate of drug-likeness (QED) is 0.307. The number of thiophene rings is 1. The van der Waals surface area contributed by atoms with Crippen LogP contribution >= 0.6 is 23.1 Å². The van der Waals surface area contributed by atoms with Gasteiger partial charge in [-0.2, -0.15) is 0 Å². The molecule has 0 aliphatic heterocycles. The van der Waals surface area contributed by atoms with Crippen LogP contribution in [0.25, 0.3) is 33.4 Å². The van der Waals surface area contributed by atoms with Crippen molar-refractivity contribution in [2.24, 2.45) is 0 Å². The SMILES string of the molecule is CCn1c(SCc2nnc(-c3c(-c4ccccc4)noc3C)o2)nnc1-c1cccs1. The fourth-order valence-electron chi connectivity index (χ4n) is 3.22. The fourth-order valence-corrected chi connectivity index (χ4v) is 4.78. The van der Waals surface area contributed by atoms with Gasteiger partial charge in [0, 0.05) is 12.1 Å². The molecule has 0 unspecified atom stereocenters. The van der Waals surface area contributed by atoms with Crippen molar-refractivity contribution in [3.8, 4) is 33.4 Å². The molecule has 0 spiro atoms. The van der Waals surface area contributed by atoms with Crippen LogP contribution in [0.4, 0.5) is 0 Å². The molecule has 8 nitrogen and oxygen atoms in total. The Balaban J connectivity index is 1.37. The zero-order chi connectivity index (χ0) is 21.2. The van der Waals surface area contributed by atoms with Crippen molar-refractivity contribution < 1.29 is 8.94 Å². The van der Waals surface area contributed by atoms with E-state index < -0.39 is 0 Å². The first-order valence-corrected chi connectivity index (χ1v) is 11.6. The van der Waals surface area contributed by atoms with Gasteiger partial charge in [0.25, 0.3) is 5.89 Å². The summed E-state index contributed by atoms with van der Waals surface area (Å²) in [6.07, 6.45) is 0. The molecule has 4 heterocycles. The van der Waals surface area contributed by atoms with Gasteiger partial charge >= 0.3 is 0 Å². The third-order valence-corrected chi connectivity index (χ3v) is 6.51. The zero-order valence-corrected chi connectivity index (χ0v) is 18.5. The van der Waals surface area contributed by atoms with Crippen LogP contribution in [0.1, 0.15) is 18.6 Å². The number of rotatable bonds is 7. The Morgan fingerprint density at radius 2 is 1.90 bits per heavy atom. The number of benzene rings is 1. The summed E-state index contributed by atoms with van der Waals surface area (Å²) in [5, 5.41) is 24.2. The van der Waals surface area contributed by atoms with E-state index in [1.165, 1.54) is 11.8 Å². The third kappa shape index (κ3) is 3.79. The highest BCUT2D eigenvalue weighted by Gasteiger charge is 2.22. The normalized spacial score (nSPS) is 11.3. The van der Waals surface area contributed by atoms with E-state index in [1.54, 1.807) is 11.3 Å². The van der Waals surface area contributed by atoms with Crippen LogP contribution in [-0.4, -0.2) is 30.1 Å². The van der Waals surface area contributed by atoms with Crippen molar-refractivity contribution in [1.82, 2.24) is 30.1 Å². The van der Waals surface area contributed by atoms with Gasteiger partial charge in [-0.25, -0.2) is 0 Å². The molecule has 0 aliphatic rings. The molecule has 5 aromatic rings. The lowest BCUT2D eigenvalue weighted by atomic mass is 10.1. The van der Waals surface area contributed by atoms with E-state index in [-0.39, 0.29) is 0 Å². The molecule has 10 heteroatoms. The molecule has 0 radical (unpaired) electrons. The lowest BCUT2D eigenvalue weighted by molar-refractivity contribution is 0.399. The van der Waals surface area contributed by atoms with Crippen LogP contribution in [0.15, 0.2) is 61.9 Å². The van der Waals surface area contributed by atoms with Gasteiger partial charge in [0.2, 0.25) is 5.89 Å². The van der Waals surface area contributed by atoms with Crippen molar-refractivity contribution >= 4 is 23.1 Å². The van der Waals surface area contributed by atoms with E-state index in [4.69, 9.17) is 8.94 Å². The van der Waals surface area contributed by atoms with E-state index in [1.807, 2.05) is 54.8 Å². The van der Waals surface area contributed by atoms with Crippen LogP contribution in [0, 0.1) is 6.92 Å². The first kappa shape index (κ1) is 19.7. The standard InChI is InChI=1S/C21H18N6O2S2/c1-3-27-19(15-10-7-11-30-15)23-25-21(27)31-12-16-22-24-20(28-16)17-13(2)29-26-18(17)14-8-5-4-6-9-14/h4-11H,3,12H2,1-2H3. The first-order chi connectivity index (χ1) is 15.2. The lowest BCUT2D eigenvalue weighted by Crippen LogP contribution is -1.99. The molecule has 0 fully saturated rings. The summed E-state index contributed by atoms with van der Waals surface area (Å²) in [7, 11) is 0. The Bertz CT molecular complexity index is 1290. The summed E-state index contributed by atoms with van der Waals surface area (Å²) in [5.74, 6) is 2.89. The van der Waals surface area contributed by atoms with Gasteiger partial charge in [-0.05, 0) is 25.3 Å². The average molecular weight is 451 g/mol. The second-order valence-electron chi connectivity index (χ2n) is 6.65. The number of nitrogens with zero attached hydrogens (tertiary/aromatic N) is 6. The van der Waals surface area contributed by atoms with Crippen LogP contribution in [0.3, 0.4) is 0 Å². The average Bonchev–Trinajstić information content (AvgIpc) is 3.58. The van der Waals surface area contributed by atoms with Gasteiger partial charge in [0.05, 0.1) is 10.6 Å². The first-order valence-electron chi connectivity index (χ1n) is 9.69. The molecule has 0 aliphatic carbocycles. The van der Waals surface area contributed by atoms with Crippen LogP contribution in [-0.2, 0) is 12.3 Å². The van der Waals surface area contributed by atoms with Crippen molar-refractivity contribution in [2.75, 3.05) is 0 Å². The van der Waals surface area contributed by atoms with Crippen molar-refractivity contribution in [1.29, 1.82) is 0 Å². The van der Waals surface area contributed by atoms with Gasteiger partial charge in [-0.1, -0.05) is 53.3 Å². The summed E-state index contributed by atoms with van der Waals surface area (Å²) in [6.45, 7) is 4.69. The maximum absolute atomic E-state index is 5.95. The maximum Gasteiger partial charge on any atom is 0.253 e. The maximum atomic E-state index is 5.95. The van der Waals surface area contributed by atoms with E-state index in [0.717, 1.165) is 28.0 Å². The highest BCUT2D eigenvalue weighted by atomic mass is 32.2. The van der Waals surface area contributed by atoms with E-state index >= 15 is 0 Å². The van der Waals surface area contributed by atoms with Gasteiger partial charge in [-0.3, -0.25) is 0 Å². The van der Waals surface area contributed by atoms with E-state index in [2.05, 4.69) is 37.0 Å². The predicted molar refractivity (Wildman–Crippen MR) is 119 cm³/mol. The Hall–Kier alpha value is -3.24. The molecule has 4 aromatic heterocycles. The second kappa shape index (κ2) is 8.48. The van der Waals surface area contributed by atoms with E-state index in [9.17, 15) is 0 Å². The topological polar surface area (TPSA) is 95.7 Å². The number of aryl methyl sites for hydroxylation is 1. The molecule has 1 aromatic carbocycles. The Morgan fingerprint density at radius 1 is 1.03 bits per heavy atom. The zero-order valence-electron chi connectivity index (χ0n) is 16.8. The molecule has 5 rings (SSSR count). The Kier molecular flexibility index (Phi) is 5.39. The summed E-state index contributed by atoms with van der Waals surface area (Å²) in [4.78, 5) is 1.10. The molecule has 0 saturated heterocycles. The van der Waals surface area contributed by atoms with Gasteiger partial charge in [0.1, 0.15) is 17.0 Å². The van der Waals surface area contributed by atoms with Crippen LogP contribution in [0.2, 0.25) is 0 Å². The summed E-state index contributed by atoms with van der Waals surface area (Å²) in [5.41, 5.74) is 2.33. The lowest BCUT2D eigenvalue weighted by Gasteiger charge is -2.04. The number of hydrogen-bond acceptors (Lipinski definition) is 9. The fraction of sp³-hybridized carbons (Fsp3) is 0.190. The smallest absolute Gasteiger partial charge is 0.253 e. The molecule has 0 bridgehead atoms. The molecule has 0 saturated carbocycles. The largest absolute Gasteiger partial charge is 0.420 e. The highest BCUT2D eigenvalue weighted by molar-refractivity contribution is 7.98. The summed E-state index contributed by atoms with van der Waals surface area (Å²) < 4.78 is 13.4. The van der Waals surface area contributed by atoms with Gasteiger partial charge < -0.3 is 13.5 Å². The third-order valence-electron chi connectivity index (χ3n) is 4.69. The van der Waals surface area contributed by atoms with Crippen LogP contribution < -0.4 is 0 Å². The molecular formula is C21H18N6O2S2. The minimum atomic E-state index is 0.393. The molecule has 0 N–H and O–H groups in total. The summed E-state index contributed by atoms with van der Waals surface area (Å²) in [6, 6.07) is 13.9. The van der Waals surface area contributed by atoms with Gasteiger partial charge in [0.15, 0.2) is 11.0 Å². The Morgan fingerprint density at radius 3 is 2.68 bits per heavy atom. The predicted octanol–water partition coefficient (Wildman–Crippen LogP) is 5.33. The molecule has 31 heavy (non-hydrogen) atoms. The van der Waals surface area contributed by atoms with Crippen molar-refractivity contribution in [2.45, 2.75) is 31.3 Å². The van der Waals surface area contributed by atoms with Crippen molar-refractivity contribution in [3.63, 3.8) is 0 Å². The van der Waals surface area contributed by atoms with E-state index in [0.29, 0.717) is 34.6 Å². The minimum Gasteiger partial charge on any atom is -0.420 e. The number of aromatic nitrogens is 6. The van der Waals surface area contributed by atoms with Crippen molar-refractivity contribution in [3.05, 3.63) is 59.5 Å². The summed E-state index contributed by atoms with van der Waals surface area (Å²) >= 11 is 3.16. The highest BCUT2D eigenvalue weighted by Crippen LogP contribution is 2.34. The Labute approximate surface area is 186 Å². The molecule has 0 atom stereocenters.